The Morgan fingerprint density at radius 3 is 2.50 bits per heavy atom. The van der Waals surface area contributed by atoms with Crippen LogP contribution >= 0.6 is 0 Å². The molecule has 1 unspecified atom stereocenters. The van der Waals surface area contributed by atoms with Crippen molar-refractivity contribution in [3.63, 3.8) is 0 Å². The van der Waals surface area contributed by atoms with Crippen LogP contribution in [-0.2, 0) is 0 Å². The molecule has 20 heavy (non-hydrogen) atoms. The van der Waals surface area contributed by atoms with Gasteiger partial charge in [0.05, 0.1) is 7.11 Å². The fraction of sp³-hybridized carbons (Fsp3) is 0.562. The van der Waals surface area contributed by atoms with E-state index in [1.54, 1.807) is 13.2 Å². The molecule has 0 aliphatic rings. The maximum absolute atomic E-state index is 12.3. The molecule has 0 aliphatic heterocycles. The largest absolute Gasteiger partial charge is 0.496 e. The van der Waals surface area contributed by atoms with Gasteiger partial charge in [0.15, 0.2) is 0 Å². The molecule has 0 radical (unpaired) electrons. The first-order valence-electron chi connectivity index (χ1n) is 7.00. The average Bonchev–Trinajstić information content (AvgIpc) is 2.37. The lowest BCUT2D eigenvalue weighted by Crippen LogP contribution is -2.49. The average molecular weight is 278 g/mol. The second-order valence-corrected chi connectivity index (χ2v) is 6.06. The third-order valence-electron chi connectivity index (χ3n) is 3.56. The molecule has 112 valence electrons. The minimum atomic E-state index is -0.135. The molecule has 1 aromatic rings. The third kappa shape index (κ3) is 3.97. The zero-order chi connectivity index (χ0) is 15.3. The molecule has 0 fully saturated rings. The smallest absolute Gasteiger partial charge is 0.265 e. The molecule has 1 amide bonds. The molecule has 1 aromatic carbocycles. The molecular formula is C16H26N2O2. The zero-order valence-electron chi connectivity index (χ0n) is 13.3. The van der Waals surface area contributed by atoms with Crippen molar-refractivity contribution >= 4 is 5.91 Å². The second kappa shape index (κ2) is 6.75. The van der Waals surface area contributed by atoms with E-state index >= 15 is 0 Å². The summed E-state index contributed by atoms with van der Waals surface area (Å²) in [7, 11) is 1.61. The van der Waals surface area contributed by atoms with Crippen molar-refractivity contribution in [2.45, 2.75) is 47.1 Å². The second-order valence-electron chi connectivity index (χ2n) is 6.06. The normalized spacial score (nSPS) is 12.9. The number of benzene rings is 1. The van der Waals surface area contributed by atoms with Gasteiger partial charge in [0.2, 0.25) is 0 Å². The lowest BCUT2D eigenvalue weighted by atomic mass is 9.86. The van der Waals surface area contributed by atoms with Crippen LogP contribution in [0.4, 0.5) is 0 Å². The fourth-order valence-electron chi connectivity index (χ4n) is 2.23. The number of carbonyl (C=O) groups is 1. The van der Waals surface area contributed by atoms with Crippen molar-refractivity contribution in [3.8, 4) is 5.75 Å². The van der Waals surface area contributed by atoms with Gasteiger partial charge in [-0.25, -0.2) is 5.43 Å². The number of amides is 1. The van der Waals surface area contributed by atoms with Gasteiger partial charge in [-0.3, -0.25) is 10.2 Å². The Morgan fingerprint density at radius 2 is 2.00 bits per heavy atom. The van der Waals surface area contributed by atoms with Gasteiger partial charge in [-0.05, 0) is 30.9 Å². The van der Waals surface area contributed by atoms with Gasteiger partial charge in [0, 0.05) is 17.2 Å². The highest BCUT2D eigenvalue weighted by molar-refractivity contribution is 5.95. The Morgan fingerprint density at radius 1 is 1.35 bits per heavy atom. The van der Waals surface area contributed by atoms with Crippen molar-refractivity contribution in [1.29, 1.82) is 0 Å². The summed E-state index contributed by atoms with van der Waals surface area (Å²) in [6.07, 6.45) is 0.945. The van der Waals surface area contributed by atoms with Crippen molar-refractivity contribution < 1.29 is 9.53 Å². The molecule has 0 heterocycles. The summed E-state index contributed by atoms with van der Waals surface area (Å²) >= 11 is 0. The number of nitrogens with one attached hydrogen (secondary N) is 2. The topological polar surface area (TPSA) is 50.4 Å². The van der Waals surface area contributed by atoms with Crippen LogP contribution in [0.5, 0.6) is 5.75 Å². The van der Waals surface area contributed by atoms with Crippen LogP contribution in [0.15, 0.2) is 18.2 Å². The highest BCUT2D eigenvalue weighted by atomic mass is 16.5. The predicted octanol–water partition coefficient (Wildman–Crippen LogP) is 3.06. The first-order chi connectivity index (χ1) is 9.31. The van der Waals surface area contributed by atoms with E-state index in [9.17, 15) is 4.79 Å². The number of hydrazine groups is 1. The van der Waals surface area contributed by atoms with Gasteiger partial charge in [-0.15, -0.1) is 0 Å². The first kappa shape index (κ1) is 16.5. The fourth-order valence-corrected chi connectivity index (χ4v) is 2.23. The van der Waals surface area contributed by atoms with E-state index in [0.29, 0.717) is 5.56 Å². The highest BCUT2D eigenvalue weighted by Crippen LogP contribution is 2.22. The van der Waals surface area contributed by atoms with Gasteiger partial charge >= 0.3 is 0 Å². The lowest BCUT2D eigenvalue weighted by Gasteiger charge is -2.30. The van der Waals surface area contributed by atoms with Crippen LogP contribution in [0.3, 0.4) is 0 Å². The number of hydrogen-bond donors (Lipinski definition) is 2. The van der Waals surface area contributed by atoms with E-state index in [-0.39, 0.29) is 17.4 Å². The SMILES string of the molecule is CCC(NNC(=O)c1cccc(OC)c1C)C(C)(C)C. The maximum atomic E-state index is 12.3. The molecule has 4 heteroatoms. The predicted molar refractivity (Wildman–Crippen MR) is 81.9 cm³/mol. The van der Waals surface area contributed by atoms with E-state index in [1.165, 1.54) is 0 Å². The molecular weight excluding hydrogens is 252 g/mol. The Labute approximate surface area is 121 Å². The van der Waals surface area contributed by atoms with Crippen molar-refractivity contribution in [2.24, 2.45) is 5.41 Å². The third-order valence-corrected chi connectivity index (χ3v) is 3.56. The minimum absolute atomic E-state index is 0.0887. The summed E-state index contributed by atoms with van der Waals surface area (Å²) in [5.41, 5.74) is 7.50. The van der Waals surface area contributed by atoms with E-state index in [1.807, 2.05) is 19.1 Å². The van der Waals surface area contributed by atoms with Gasteiger partial charge in [0.25, 0.3) is 5.91 Å². The van der Waals surface area contributed by atoms with Crippen LogP contribution in [0.2, 0.25) is 0 Å². The summed E-state index contributed by atoms with van der Waals surface area (Å²) in [5.74, 6) is 0.588. The first-order valence-corrected chi connectivity index (χ1v) is 7.00. The zero-order valence-corrected chi connectivity index (χ0v) is 13.3. The summed E-state index contributed by atoms with van der Waals surface area (Å²) in [6, 6.07) is 5.69. The molecule has 0 aromatic heterocycles. The van der Waals surface area contributed by atoms with Gasteiger partial charge < -0.3 is 4.74 Å². The molecule has 0 spiro atoms. The summed E-state index contributed by atoms with van der Waals surface area (Å²) in [4.78, 5) is 12.3. The minimum Gasteiger partial charge on any atom is -0.496 e. The number of rotatable bonds is 5. The molecule has 2 N–H and O–H groups in total. The molecule has 0 saturated carbocycles. The van der Waals surface area contributed by atoms with Crippen molar-refractivity contribution in [2.75, 3.05) is 7.11 Å². The van der Waals surface area contributed by atoms with E-state index < -0.39 is 0 Å². The van der Waals surface area contributed by atoms with Gasteiger partial charge in [0.1, 0.15) is 5.75 Å². The van der Waals surface area contributed by atoms with Crippen LogP contribution in [0.25, 0.3) is 0 Å². The number of carbonyl (C=O) groups excluding carboxylic acids is 1. The summed E-state index contributed by atoms with van der Waals surface area (Å²) < 4.78 is 5.24. The molecule has 0 bridgehead atoms. The Hall–Kier alpha value is -1.55. The molecule has 1 atom stereocenters. The van der Waals surface area contributed by atoms with Crippen molar-refractivity contribution in [1.82, 2.24) is 10.9 Å². The Balaban J connectivity index is 2.77. The molecule has 1 rings (SSSR count). The van der Waals surface area contributed by atoms with Gasteiger partial charge in [-0.2, -0.15) is 0 Å². The van der Waals surface area contributed by atoms with Crippen LogP contribution < -0.4 is 15.6 Å². The van der Waals surface area contributed by atoms with E-state index in [0.717, 1.165) is 17.7 Å². The molecule has 0 saturated heterocycles. The quantitative estimate of drug-likeness (QED) is 0.814. The van der Waals surface area contributed by atoms with Crippen LogP contribution in [0, 0.1) is 12.3 Å². The Bertz CT molecular complexity index is 464. The number of hydrogen-bond acceptors (Lipinski definition) is 3. The number of ether oxygens (including phenoxy) is 1. The number of methoxy groups -OCH3 is 1. The summed E-state index contributed by atoms with van der Waals surface area (Å²) in [6.45, 7) is 10.4. The van der Waals surface area contributed by atoms with E-state index in [4.69, 9.17) is 4.74 Å². The maximum Gasteiger partial charge on any atom is 0.265 e. The monoisotopic (exact) mass is 278 g/mol. The van der Waals surface area contributed by atoms with Crippen LogP contribution in [-0.4, -0.2) is 19.1 Å². The molecule has 4 nitrogen and oxygen atoms in total. The van der Waals surface area contributed by atoms with Crippen LogP contribution in [0.1, 0.15) is 50.0 Å². The molecule has 0 aliphatic carbocycles. The van der Waals surface area contributed by atoms with Crippen molar-refractivity contribution in [3.05, 3.63) is 29.3 Å². The summed E-state index contributed by atoms with van der Waals surface area (Å²) in [5, 5.41) is 0. The Kier molecular flexibility index (Phi) is 5.57. The van der Waals surface area contributed by atoms with Gasteiger partial charge in [-0.1, -0.05) is 33.8 Å². The standard InChI is InChI=1S/C16H26N2O2/c1-7-14(16(3,4)5)17-18-15(19)12-9-8-10-13(20-6)11(12)2/h8-10,14,17H,7H2,1-6H3,(H,18,19). The van der Waals surface area contributed by atoms with E-state index in [2.05, 4.69) is 38.5 Å². The lowest BCUT2D eigenvalue weighted by molar-refractivity contribution is 0.0905. The highest BCUT2D eigenvalue weighted by Gasteiger charge is 2.23.